The predicted octanol–water partition coefficient (Wildman–Crippen LogP) is 1.79. The van der Waals surface area contributed by atoms with Gasteiger partial charge in [0.15, 0.2) is 0 Å². The van der Waals surface area contributed by atoms with Gasteiger partial charge in [-0.1, -0.05) is 18.2 Å². The Hall–Kier alpha value is -4.34. The van der Waals surface area contributed by atoms with Crippen molar-refractivity contribution in [2.24, 2.45) is 7.05 Å². The number of amides is 2. The van der Waals surface area contributed by atoms with Crippen molar-refractivity contribution in [3.8, 4) is 11.1 Å². The third-order valence-corrected chi connectivity index (χ3v) is 5.22. The molecule has 2 aromatic heterocycles. The molecule has 2 heterocycles. The number of aliphatic carboxylic acids is 1. The third-order valence-electron chi connectivity index (χ3n) is 5.22. The van der Waals surface area contributed by atoms with Crippen molar-refractivity contribution in [2.75, 3.05) is 13.1 Å². The largest absolute Gasteiger partial charge is 0.480 e. The van der Waals surface area contributed by atoms with Crippen LogP contribution in [0, 0.1) is 5.82 Å². The maximum absolute atomic E-state index is 14.9. The lowest BCUT2D eigenvalue weighted by atomic mass is 9.97. The fraction of sp³-hybridized carbons (Fsp3) is 0.174. The molecule has 0 radical (unpaired) electrons. The van der Waals surface area contributed by atoms with E-state index in [1.165, 1.54) is 6.07 Å². The van der Waals surface area contributed by atoms with E-state index in [-0.39, 0.29) is 13.0 Å². The Morgan fingerprint density at radius 2 is 1.85 bits per heavy atom. The molecule has 4 rings (SSSR count). The predicted molar refractivity (Wildman–Crippen MR) is 119 cm³/mol. The maximum Gasteiger partial charge on any atom is 0.322 e. The molecule has 0 spiro atoms. The molecule has 0 saturated heterocycles. The first-order valence-corrected chi connectivity index (χ1v) is 10.1. The van der Waals surface area contributed by atoms with E-state index in [1.54, 1.807) is 54.5 Å². The number of carbonyl (C=O) groups is 3. The van der Waals surface area contributed by atoms with E-state index in [1.807, 2.05) is 0 Å². The van der Waals surface area contributed by atoms with Gasteiger partial charge in [-0.2, -0.15) is 5.10 Å². The zero-order valence-electron chi connectivity index (χ0n) is 17.6. The summed E-state index contributed by atoms with van der Waals surface area (Å²) in [5, 5.41) is 18.8. The molecule has 9 nitrogen and oxygen atoms in total. The van der Waals surface area contributed by atoms with Gasteiger partial charge < -0.3 is 15.7 Å². The standard InChI is InChI=1S/C23H20FN5O4/c1-29-19-9-17(18(24)7-14(19)10-28-29)16-4-2-3-15-13(5-6-25-23(15)16)8-20(30)26-11-21(31)27-12-22(32)33/h2-7,9-10H,8,11-12H2,1H3,(H,26,30)(H,27,31)(H,32,33). The Morgan fingerprint density at radius 3 is 2.64 bits per heavy atom. The maximum atomic E-state index is 14.9. The zero-order chi connectivity index (χ0) is 23.5. The minimum atomic E-state index is -1.17. The number of benzene rings is 2. The van der Waals surface area contributed by atoms with Crippen LogP contribution in [0.25, 0.3) is 32.9 Å². The molecule has 0 fully saturated rings. The van der Waals surface area contributed by atoms with Crippen LogP contribution in [0.1, 0.15) is 5.56 Å². The molecule has 10 heteroatoms. The van der Waals surface area contributed by atoms with Crippen LogP contribution >= 0.6 is 0 Å². The highest BCUT2D eigenvalue weighted by atomic mass is 19.1. The Labute approximate surface area is 187 Å². The molecule has 2 amide bonds. The Balaban J connectivity index is 1.60. The van der Waals surface area contributed by atoms with Crippen LogP contribution in [0.15, 0.2) is 48.8 Å². The SMILES string of the molecule is Cn1ncc2cc(F)c(-c3cccc4c(CC(=O)NCC(=O)NCC(=O)O)ccnc34)cc21. The van der Waals surface area contributed by atoms with Crippen LogP contribution in [0.2, 0.25) is 0 Å². The average Bonchev–Trinajstić information content (AvgIpc) is 3.15. The number of nitrogens with zero attached hydrogens (tertiary/aromatic N) is 3. The quantitative estimate of drug-likeness (QED) is 0.395. The highest BCUT2D eigenvalue weighted by molar-refractivity contribution is 5.99. The van der Waals surface area contributed by atoms with Gasteiger partial charge in [0.05, 0.1) is 30.2 Å². The lowest BCUT2D eigenvalue weighted by Gasteiger charge is -2.11. The van der Waals surface area contributed by atoms with Crippen LogP contribution in [-0.4, -0.2) is 50.7 Å². The van der Waals surface area contributed by atoms with E-state index in [9.17, 15) is 18.8 Å². The van der Waals surface area contributed by atoms with Crippen LogP contribution < -0.4 is 10.6 Å². The first-order chi connectivity index (χ1) is 15.8. The van der Waals surface area contributed by atoms with Crippen molar-refractivity contribution in [1.82, 2.24) is 25.4 Å². The zero-order valence-corrected chi connectivity index (χ0v) is 17.6. The molecule has 0 atom stereocenters. The topological polar surface area (TPSA) is 126 Å². The number of nitrogens with one attached hydrogen (secondary N) is 2. The fourth-order valence-corrected chi connectivity index (χ4v) is 3.63. The number of halogens is 1. The normalized spacial score (nSPS) is 11.0. The molecule has 0 aliphatic carbocycles. The minimum Gasteiger partial charge on any atom is -0.480 e. The van der Waals surface area contributed by atoms with Gasteiger partial charge in [-0.05, 0) is 23.8 Å². The summed E-state index contributed by atoms with van der Waals surface area (Å²) < 4.78 is 16.6. The van der Waals surface area contributed by atoms with E-state index >= 15 is 0 Å². The van der Waals surface area contributed by atoms with Gasteiger partial charge >= 0.3 is 5.97 Å². The number of para-hydroxylation sites is 1. The van der Waals surface area contributed by atoms with Gasteiger partial charge in [0, 0.05) is 35.1 Å². The fourth-order valence-electron chi connectivity index (χ4n) is 3.63. The first kappa shape index (κ1) is 21.9. The molecule has 0 saturated carbocycles. The van der Waals surface area contributed by atoms with Gasteiger partial charge in [0.2, 0.25) is 11.8 Å². The smallest absolute Gasteiger partial charge is 0.322 e. The van der Waals surface area contributed by atoms with Crippen molar-refractivity contribution in [1.29, 1.82) is 0 Å². The second kappa shape index (κ2) is 9.03. The number of carbonyl (C=O) groups excluding carboxylic acids is 2. The van der Waals surface area contributed by atoms with E-state index in [0.29, 0.717) is 33.0 Å². The molecule has 168 valence electrons. The van der Waals surface area contributed by atoms with Crippen molar-refractivity contribution < 1.29 is 23.9 Å². The number of hydrogen-bond acceptors (Lipinski definition) is 5. The van der Waals surface area contributed by atoms with Crippen LogP contribution in [0.4, 0.5) is 4.39 Å². The van der Waals surface area contributed by atoms with Crippen molar-refractivity contribution in [2.45, 2.75) is 6.42 Å². The molecule has 33 heavy (non-hydrogen) atoms. The highest BCUT2D eigenvalue weighted by Crippen LogP contribution is 2.33. The third kappa shape index (κ3) is 4.64. The Morgan fingerprint density at radius 1 is 1.06 bits per heavy atom. The van der Waals surface area contributed by atoms with Crippen molar-refractivity contribution >= 4 is 39.6 Å². The molecule has 4 aromatic rings. The van der Waals surface area contributed by atoms with Gasteiger partial charge in [-0.3, -0.25) is 24.0 Å². The summed E-state index contributed by atoms with van der Waals surface area (Å²) in [5.41, 5.74) is 2.94. The summed E-state index contributed by atoms with van der Waals surface area (Å²) >= 11 is 0. The molecule has 0 aliphatic heterocycles. The summed E-state index contributed by atoms with van der Waals surface area (Å²) in [5.74, 6) is -2.59. The number of fused-ring (bicyclic) bond motifs is 2. The van der Waals surface area contributed by atoms with Crippen molar-refractivity contribution in [3.63, 3.8) is 0 Å². The van der Waals surface area contributed by atoms with Crippen molar-refractivity contribution in [3.05, 3.63) is 60.2 Å². The summed E-state index contributed by atoms with van der Waals surface area (Å²) in [4.78, 5) is 38.9. The van der Waals surface area contributed by atoms with Crippen LogP contribution in [0.3, 0.4) is 0 Å². The summed E-state index contributed by atoms with van der Waals surface area (Å²) in [6.07, 6.45) is 3.12. The van der Waals surface area contributed by atoms with E-state index in [2.05, 4.69) is 20.7 Å². The molecule has 0 bridgehead atoms. The summed E-state index contributed by atoms with van der Waals surface area (Å²) in [7, 11) is 1.78. The number of aryl methyl sites for hydroxylation is 1. The second-order valence-electron chi connectivity index (χ2n) is 7.45. The second-order valence-corrected chi connectivity index (χ2v) is 7.45. The number of hydrogen-bond donors (Lipinski definition) is 3. The average molecular weight is 449 g/mol. The molecule has 2 aromatic carbocycles. The number of pyridine rings is 1. The Kier molecular flexibility index (Phi) is 5.99. The van der Waals surface area contributed by atoms with Crippen LogP contribution in [-0.2, 0) is 27.9 Å². The minimum absolute atomic E-state index is 0.0298. The lowest BCUT2D eigenvalue weighted by Crippen LogP contribution is -2.39. The van der Waals surface area contributed by atoms with Gasteiger partial charge in [0.1, 0.15) is 12.4 Å². The van der Waals surface area contributed by atoms with E-state index < -0.39 is 30.1 Å². The number of rotatable bonds is 7. The first-order valence-electron chi connectivity index (χ1n) is 10.1. The molecular weight excluding hydrogens is 429 g/mol. The monoisotopic (exact) mass is 449 g/mol. The van der Waals surface area contributed by atoms with Crippen LogP contribution in [0.5, 0.6) is 0 Å². The van der Waals surface area contributed by atoms with E-state index in [4.69, 9.17) is 5.11 Å². The Bertz CT molecular complexity index is 1400. The lowest BCUT2D eigenvalue weighted by molar-refractivity contribution is -0.137. The number of aromatic nitrogens is 3. The summed E-state index contributed by atoms with van der Waals surface area (Å²) in [6.45, 7) is -0.857. The molecule has 3 N–H and O–H groups in total. The van der Waals surface area contributed by atoms with Gasteiger partial charge in [0.25, 0.3) is 0 Å². The summed E-state index contributed by atoms with van der Waals surface area (Å²) in [6, 6.07) is 10.2. The van der Waals surface area contributed by atoms with Gasteiger partial charge in [-0.15, -0.1) is 0 Å². The highest BCUT2D eigenvalue weighted by Gasteiger charge is 2.16. The molecular formula is C23H20FN5O4. The van der Waals surface area contributed by atoms with E-state index in [0.717, 1.165) is 5.52 Å². The van der Waals surface area contributed by atoms with Gasteiger partial charge in [-0.25, -0.2) is 4.39 Å². The number of carboxylic acid groups (broad SMARTS) is 1. The number of carboxylic acids is 1. The molecule has 0 unspecified atom stereocenters. The molecule has 0 aliphatic rings.